The van der Waals surface area contributed by atoms with Crippen LogP contribution in [0, 0.1) is 0 Å². The van der Waals surface area contributed by atoms with Crippen LogP contribution in [0.3, 0.4) is 0 Å². The van der Waals surface area contributed by atoms with Crippen LogP contribution in [0.15, 0.2) is 41.0 Å². The molecule has 0 atom stereocenters. The highest BCUT2D eigenvalue weighted by Gasteiger charge is 2.24. The number of rotatable bonds is 4. The molecule has 2 heterocycles. The van der Waals surface area contributed by atoms with Gasteiger partial charge in [0.25, 0.3) is 5.91 Å². The van der Waals surface area contributed by atoms with Gasteiger partial charge >= 0.3 is 0 Å². The summed E-state index contributed by atoms with van der Waals surface area (Å²) in [6, 6.07) is 8.49. The van der Waals surface area contributed by atoms with E-state index in [4.69, 9.17) is 16.0 Å². The van der Waals surface area contributed by atoms with Crippen molar-refractivity contribution in [2.75, 3.05) is 11.4 Å². The van der Waals surface area contributed by atoms with Crippen molar-refractivity contribution < 1.29 is 14.0 Å². The average molecular weight is 319 g/mol. The second-order valence-corrected chi connectivity index (χ2v) is 5.48. The number of halogens is 1. The zero-order valence-corrected chi connectivity index (χ0v) is 12.6. The standard InChI is InChI=1S/C16H15ClN2O3/c17-13-6-5-11(9-14(13)19-7-1-4-15(19)20)16(21)18-10-12-3-2-8-22-12/h2-3,5-6,8-9H,1,4,7,10H2,(H,18,21). The monoisotopic (exact) mass is 318 g/mol. The minimum Gasteiger partial charge on any atom is -0.467 e. The molecule has 0 radical (unpaired) electrons. The van der Waals surface area contributed by atoms with Gasteiger partial charge < -0.3 is 14.6 Å². The molecule has 1 saturated heterocycles. The maximum absolute atomic E-state index is 12.2. The van der Waals surface area contributed by atoms with E-state index in [9.17, 15) is 9.59 Å². The van der Waals surface area contributed by atoms with Gasteiger partial charge in [-0.25, -0.2) is 0 Å². The van der Waals surface area contributed by atoms with Crippen molar-refractivity contribution in [3.8, 4) is 0 Å². The van der Waals surface area contributed by atoms with Crippen molar-refractivity contribution in [1.82, 2.24) is 5.32 Å². The van der Waals surface area contributed by atoms with Crippen molar-refractivity contribution in [2.24, 2.45) is 0 Å². The van der Waals surface area contributed by atoms with E-state index >= 15 is 0 Å². The molecule has 22 heavy (non-hydrogen) atoms. The summed E-state index contributed by atoms with van der Waals surface area (Å²) in [6.45, 7) is 0.947. The van der Waals surface area contributed by atoms with Gasteiger partial charge in [-0.15, -0.1) is 0 Å². The van der Waals surface area contributed by atoms with Crippen LogP contribution in [0.4, 0.5) is 5.69 Å². The normalized spacial score (nSPS) is 14.4. The molecule has 5 nitrogen and oxygen atoms in total. The van der Waals surface area contributed by atoms with Crippen molar-refractivity contribution in [1.29, 1.82) is 0 Å². The van der Waals surface area contributed by atoms with E-state index in [1.807, 2.05) is 0 Å². The molecule has 1 aliphatic heterocycles. The molecule has 0 bridgehead atoms. The van der Waals surface area contributed by atoms with Gasteiger partial charge in [-0.05, 0) is 36.8 Å². The van der Waals surface area contributed by atoms with Crippen molar-refractivity contribution in [3.63, 3.8) is 0 Å². The highest BCUT2D eigenvalue weighted by molar-refractivity contribution is 6.34. The molecule has 3 rings (SSSR count). The predicted octanol–water partition coefficient (Wildman–Crippen LogP) is 2.99. The topological polar surface area (TPSA) is 62.6 Å². The third-order valence-corrected chi connectivity index (χ3v) is 3.90. The fraction of sp³-hybridized carbons (Fsp3) is 0.250. The first-order valence-electron chi connectivity index (χ1n) is 7.05. The zero-order chi connectivity index (χ0) is 15.5. The van der Waals surface area contributed by atoms with Gasteiger partial charge in [0, 0.05) is 18.5 Å². The van der Waals surface area contributed by atoms with Gasteiger partial charge in [0.15, 0.2) is 0 Å². The quantitative estimate of drug-likeness (QED) is 0.942. The van der Waals surface area contributed by atoms with Crippen molar-refractivity contribution >= 4 is 29.1 Å². The first-order valence-corrected chi connectivity index (χ1v) is 7.43. The summed E-state index contributed by atoms with van der Waals surface area (Å²) < 4.78 is 5.17. The average Bonchev–Trinajstić information content (AvgIpc) is 3.17. The number of nitrogens with one attached hydrogen (secondary N) is 1. The number of anilines is 1. The largest absolute Gasteiger partial charge is 0.467 e. The smallest absolute Gasteiger partial charge is 0.251 e. The number of nitrogens with zero attached hydrogens (tertiary/aromatic N) is 1. The second-order valence-electron chi connectivity index (χ2n) is 5.08. The molecule has 0 unspecified atom stereocenters. The van der Waals surface area contributed by atoms with Gasteiger partial charge in [-0.1, -0.05) is 11.6 Å². The molecule has 2 aromatic rings. The fourth-order valence-electron chi connectivity index (χ4n) is 2.45. The Hall–Kier alpha value is -2.27. The van der Waals surface area contributed by atoms with Gasteiger partial charge in [0.2, 0.25) is 5.91 Å². The number of carbonyl (C=O) groups is 2. The molecule has 1 aromatic heterocycles. The Balaban J connectivity index is 1.76. The molecule has 0 aliphatic carbocycles. The van der Waals surface area contributed by atoms with E-state index in [1.165, 1.54) is 0 Å². The number of hydrogen-bond acceptors (Lipinski definition) is 3. The summed E-state index contributed by atoms with van der Waals surface area (Å²) in [4.78, 5) is 25.7. The molecule has 114 valence electrons. The van der Waals surface area contributed by atoms with Gasteiger partial charge in [0.1, 0.15) is 5.76 Å². The van der Waals surface area contributed by atoms with Crippen LogP contribution >= 0.6 is 11.6 Å². The minimum atomic E-state index is -0.235. The van der Waals surface area contributed by atoms with Crippen LogP contribution in [-0.4, -0.2) is 18.4 Å². The number of carbonyl (C=O) groups excluding carboxylic acids is 2. The Labute approximate surface area is 132 Å². The summed E-state index contributed by atoms with van der Waals surface area (Å²) in [7, 11) is 0. The lowest BCUT2D eigenvalue weighted by Crippen LogP contribution is -2.26. The Kier molecular flexibility index (Phi) is 4.15. The summed E-state index contributed by atoms with van der Waals surface area (Å²) in [5.41, 5.74) is 1.06. The Morgan fingerprint density at radius 1 is 1.36 bits per heavy atom. The number of amides is 2. The van der Waals surface area contributed by atoms with E-state index in [2.05, 4.69) is 5.32 Å². The Bertz CT molecular complexity index is 697. The third kappa shape index (κ3) is 2.99. The summed E-state index contributed by atoms with van der Waals surface area (Å²) in [5, 5.41) is 3.24. The zero-order valence-electron chi connectivity index (χ0n) is 11.8. The van der Waals surface area contributed by atoms with Crippen LogP contribution < -0.4 is 10.2 Å². The molecular formula is C16H15ClN2O3. The second kappa shape index (κ2) is 6.23. The van der Waals surface area contributed by atoms with E-state index in [0.29, 0.717) is 41.5 Å². The fourth-order valence-corrected chi connectivity index (χ4v) is 2.67. The number of hydrogen-bond donors (Lipinski definition) is 1. The lowest BCUT2D eigenvalue weighted by Gasteiger charge is -2.18. The first kappa shape index (κ1) is 14.7. The van der Waals surface area contributed by atoms with Crippen LogP contribution in [0.25, 0.3) is 0 Å². The third-order valence-electron chi connectivity index (χ3n) is 3.58. The SMILES string of the molecule is O=C(NCc1ccco1)c1ccc(Cl)c(N2CCCC2=O)c1. The van der Waals surface area contributed by atoms with Crippen molar-refractivity contribution in [3.05, 3.63) is 52.9 Å². The molecule has 0 spiro atoms. The van der Waals surface area contributed by atoms with E-state index in [-0.39, 0.29) is 11.8 Å². The highest BCUT2D eigenvalue weighted by Crippen LogP contribution is 2.30. The van der Waals surface area contributed by atoms with Gasteiger partial charge in [-0.2, -0.15) is 0 Å². The van der Waals surface area contributed by atoms with Crippen LogP contribution in [0.1, 0.15) is 29.0 Å². The van der Waals surface area contributed by atoms with Gasteiger partial charge in [-0.3, -0.25) is 9.59 Å². The molecule has 1 aromatic carbocycles. The minimum absolute atomic E-state index is 0.0371. The maximum Gasteiger partial charge on any atom is 0.251 e. The number of benzene rings is 1. The maximum atomic E-state index is 12.2. The molecule has 1 fully saturated rings. The highest BCUT2D eigenvalue weighted by atomic mass is 35.5. The first-order chi connectivity index (χ1) is 10.6. The molecule has 1 N–H and O–H groups in total. The van der Waals surface area contributed by atoms with Crippen LogP contribution in [0.2, 0.25) is 5.02 Å². The molecule has 2 amide bonds. The number of furan rings is 1. The molecule has 6 heteroatoms. The van der Waals surface area contributed by atoms with Gasteiger partial charge in [0.05, 0.1) is 23.5 Å². The van der Waals surface area contributed by atoms with Crippen molar-refractivity contribution in [2.45, 2.75) is 19.4 Å². The van der Waals surface area contributed by atoms with E-state index < -0.39 is 0 Å². The van der Waals surface area contributed by atoms with E-state index in [0.717, 1.165) is 6.42 Å². The molecular weight excluding hydrogens is 304 g/mol. The predicted molar refractivity (Wildman–Crippen MR) is 82.9 cm³/mol. The lowest BCUT2D eigenvalue weighted by atomic mass is 10.1. The Morgan fingerprint density at radius 3 is 2.91 bits per heavy atom. The molecule has 0 saturated carbocycles. The lowest BCUT2D eigenvalue weighted by molar-refractivity contribution is -0.117. The van der Waals surface area contributed by atoms with Crippen LogP contribution in [-0.2, 0) is 11.3 Å². The summed E-state index contributed by atoms with van der Waals surface area (Å²) >= 11 is 6.16. The molecule has 1 aliphatic rings. The van der Waals surface area contributed by atoms with E-state index in [1.54, 1.807) is 41.5 Å². The summed E-state index contributed by atoms with van der Waals surface area (Å²) in [6.07, 6.45) is 2.89. The van der Waals surface area contributed by atoms with Crippen LogP contribution in [0.5, 0.6) is 0 Å². The Morgan fingerprint density at radius 2 is 2.23 bits per heavy atom. The summed E-state index contributed by atoms with van der Waals surface area (Å²) in [5.74, 6) is 0.480.